The molecule has 0 spiro atoms. The molecule has 0 bridgehead atoms. The summed E-state index contributed by atoms with van der Waals surface area (Å²) < 4.78 is 13.1. The number of hydrogen-bond donors (Lipinski definition) is 2. The van der Waals surface area contributed by atoms with Crippen LogP contribution in [-0.4, -0.2) is 22.0 Å². The van der Waals surface area contributed by atoms with Gasteiger partial charge in [-0.25, -0.2) is 14.2 Å². The molecule has 20 heavy (non-hydrogen) atoms. The zero-order valence-corrected chi connectivity index (χ0v) is 11.3. The minimum atomic E-state index is -1.23. The van der Waals surface area contributed by atoms with Crippen LogP contribution in [-0.2, 0) is 11.2 Å². The Morgan fingerprint density at radius 2 is 2.20 bits per heavy atom. The van der Waals surface area contributed by atoms with Crippen molar-refractivity contribution in [2.45, 2.75) is 13.3 Å². The number of nitrogens with one attached hydrogen (secondary N) is 1. The summed E-state index contributed by atoms with van der Waals surface area (Å²) in [5, 5.41) is 14.0. The van der Waals surface area contributed by atoms with Gasteiger partial charge in [-0.15, -0.1) is 11.3 Å². The molecule has 104 valence electrons. The van der Waals surface area contributed by atoms with Crippen LogP contribution in [0, 0.1) is 12.7 Å². The zero-order chi connectivity index (χ0) is 14.7. The molecular weight excluding hydrogens is 283 g/mol. The SMILES string of the molecule is Cc1nc(CC(=O)Nc2cc(F)ccc2C(=O)O)cs1. The minimum absolute atomic E-state index is 0.0138. The lowest BCUT2D eigenvalue weighted by Gasteiger charge is -2.07. The van der Waals surface area contributed by atoms with Crippen LogP contribution in [0.1, 0.15) is 21.1 Å². The molecule has 0 atom stereocenters. The van der Waals surface area contributed by atoms with E-state index in [0.717, 1.165) is 23.2 Å². The average molecular weight is 294 g/mol. The Morgan fingerprint density at radius 3 is 2.80 bits per heavy atom. The molecule has 2 rings (SSSR count). The third kappa shape index (κ3) is 3.39. The number of nitrogens with zero attached hydrogens (tertiary/aromatic N) is 1. The molecule has 7 heteroatoms. The number of rotatable bonds is 4. The number of aromatic carboxylic acids is 1. The Labute approximate surface area is 118 Å². The first-order valence-electron chi connectivity index (χ1n) is 5.69. The van der Waals surface area contributed by atoms with Gasteiger partial charge >= 0.3 is 5.97 Å². The fourth-order valence-corrected chi connectivity index (χ4v) is 2.27. The number of thiazole rings is 1. The topological polar surface area (TPSA) is 79.3 Å². The highest BCUT2D eigenvalue weighted by molar-refractivity contribution is 7.09. The van der Waals surface area contributed by atoms with Crippen molar-refractivity contribution in [3.63, 3.8) is 0 Å². The second kappa shape index (κ2) is 5.79. The Hall–Kier alpha value is -2.28. The van der Waals surface area contributed by atoms with Gasteiger partial charge < -0.3 is 10.4 Å². The van der Waals surface area contributed by atoms with Crippen LogP contribution in [0.5, 0.6) is 0 Å². The van der Waals surface area contributed by atoms with E-state index in [-0.39, 0.29) is 17.7 Å². The van der Waals surface area contributed by atoms with Crippen molar-refractivity contribution in [2.75, 3.05) is 5.32 Å². The quantitative estimate of drug-likeness (QED) is 0.908. The summed E-state index contributed by atoms with van der Waals surface area (Å²) >= 11 is 1.42. The van der Waals surface area contributed by atoms with Crippen molar-refractivity contribution in [1.29, 1.82) is 0 Å². The number of aryl methyl sites for hydroxylation is 1. The number of carboxylic acid groups (broad SMARTS) is 1. The van der Waals surface area contributed by atoms with Crippen molar-refractivity contribution < 1.29 is 19.1 Å². The first-order valence-corrected chi connectivity index (χ1v) is 6.57. The smallest absolute Gasteiger partial charge is 0.337 e. The Balaban J connectivity index is 2.15. The molecule has 0 unspecified atom stereocenters. The van der Waals surface area contributed by atoms with E-state index in [2.05, 4.69) is 10.3 Å². The number of halogens is 1. The van der Waals surface area contributed by atoms with E-state index >= 15 is 0 Å². The van der Waals surface area contributed by atoms with Crippen molar-refractivity contribution >= 4 is 28.9 Å². The summed E-state index contributed by atoms with van der Waals surface area (Å²) in [7, 11) is 0. The molecule has 1 heterocycles. The molecule has 1 aromatic carbocycles. The Morgan fingerprint density at radius 1 is 1.45 bits per heavy atom. The van der Waals surface area contributed by atoms with Gasteiger partial charge in [-0.05, 0) is 25.1 Å². The van der Waals surface area contributed by atoms with Gasteiger partial charge in [-0.1, -0.05) is 0 Å². The number of amides is 1. The van der Waals surface area contributed by atoms with Crippen LogP contribution in [0.3, 0.4) is 0 Å². The summed E-state index contributed by atoms with van der Waals surface area (Å²) in [6.45, 7) is 1.82. The molecule has 0 aliphatic rings. The highest BCUT2D eigenvalue weighted by Gasteiger charge is 2.14. The van der Waals surface area contributed by atoms with Gasteiger partial charge in [0.1, 0.15) is 5.82 Å². The predicted octanol–water partition coefficient (Wildman–Crippen LogP) is 2.47. The van der Waals surface area contributed by atoms with Crippen molar-refractivity contribution in [1.82, 2.24) is 4.98 Å². The largest absolute Gasteiger partial charge is 0.478 e. The van der Waals surface area contributed by atoms with Gasteiger partial charge in [-0.3, -0.25) is 4.79 Å². The summed E-state index contributed by atoms with van der Waals surface area (Å²) in [5.74, 6) is -2.29. The normalized spacial score (nSPS) is 10.3. The monoisotopic (exact) mass is 294 g/mol. The van der Waals surface area contributed by atoms with E-state index in [1.807, 2.05) is 6.92 Å². The third-order valence-corrected chi connectivity index (χ3v) is 3.32. The number of carboxylic acids is 1. The van der Waals surface area contributed by atoms with Crippen molar-refractivity contribution in [3.05, 3.63) is 45.7 Å². The molecule has 0 aliphatic carbocycles. The molecule has 0 saturated heterocycles. The molecule has 0 fully saturated rings. The lowest BCUT2D eigenvalue weighted by atomic mass is 10.1. The minimum Gasteiger partial charge on any atom is -0.478 e. The predicted molar refractivity (Wildman–Crippen MR) is 72.5 cm³/mol. The van der Waals surface area contributed by atoms with Crippen molar-refractivity contribution in [3.8, 4) is 0 Å². The number of carbonyl (C=O) groups excluding carboxylic acids is 1. The lowest BCUT2D eigenvalue weighted by Crippen LogP contribution is -2.17. The molecule has 1 amide bonds. The second-order valence-electron chi connectivity index (χ2n) is 4.08. The number of carbonyl (C=O) groups is 2. The van der Waals surface area contributed by atoms with Gasteiger partial charge in [-0.2, -0.15) is 0 Å². The van der Waals surface area contributed by atoms with Crippen LogP contribution in [0.2, 0.25) is 0 Å². The Kier molecular flexibility index (Phi) is 4.09. The molecule has 5 nitrogen and oxygen atoms in total. The van der Waals surface area contributed by atoms with Gasteiger partial charge in [0, 0.05) is 5.38 Å². The first-order chi connectivity index (χ1) is 9.45. The molecule has 0 saturated carbocycles. The van der Waals surface area contributed by atoms with E-state index in [9.17, 15) is 14.0 Å². The van der Waals surface area contributed by atoms with E-state index in [1.165, 1.54) is 11.3 Å². The van der Waals surface area contributed by atoms with Crippen LogP contribution in [0.25, 0.3) is 0 Å². The maximum absolute atomic E-state index is 13.1. The first kappa shape index (κ1) is 14.1. The van der Waals surface area contributed by atoms with Crippen LogP contribution >= 0.6 is 11.3 Å². The highest BCUT2D eigenvalue weighted by atomic mass is 32.1. The maximum atomic E-state index is 13.1. The fourth-order valence-electron chi connectivity index (χ4n) is 1.65. The van der Waals surface area contributed by atoms with E-state index in [4.69, 9.17) is 5.11 Å². The van der Waals surface area contributed by atoms with Gasteiger partial charge in [0.15, 0.2) is 0 Å². The molecule has 1 aromatic heterocycles. The standard InChI is InChI=1S/C13H11FN2O3S/c1-7-15-9(6-20-7)5-12(17)16-11-4-8(14)2-3-10(11)13(18)19/h2-4,6H,5H2,1H3,(H,16,17)(H,18,19). The molecule has 0 radical (unpaired) electrons. The van der Waals surface area contributed by atoms with E-state index in [0.29, 0.717) is 5.69 Å². The number of aromatic nitrogens is 1. The molecular formula is C13H11FN2O3S. The fraction of sp³-hybridized carbons (Fsp3) is 0.154. The lowest BCUT2D eigenvalue weighted by molar-refractivity contribution is -0.115. The van der Waals surface area contributed by atoms with Gasteiger partial charge in [0.2, 0.25) is 5.91 Å². The van der Waals surface area contributed by atoms with Crippen molar-refractivity contribution in [2.24, 2.45) is 0 Å². The molecule has 2 aromatic rings. The highest BCUT2D eigenvalue weighted by Crippen LogP contribution is 2.18. The van der Waals surface area contributed by atoms with Gasteiger partial charge in [0.25, 0.3) is 0 Å². The summed E-state index contributed by atoms with van der Waals surface area (Å²) in [6, 6.07) is 3.12. The molecule has 2 N–H and O–H groups in total. The third-order valence-electron chi connectivity index (χ3n) is 2.49. The number of anilines is 1. The van der Waals surface area contributed by atoms with E-state index in [1.54, 1.807) is 5.38 Å². The zero-order valence-electron chi connectivity index (χ0n) is 10.5. The number of benzene rings is 1. The Bertz CT molecular complexity index is 669. The van der Waals surface area contributed by atoms with Crippen LogP contribution in [0.4, 0.5) is 10.1 Å². The van der Waals surface area contributed by atoms with Crippen LogP contribution < -0.4 is 5.32 Å². The summed E-state index contributed by atoms with van der Waals surface area (Å²) in [5.41, 5.74) is 0.377. The van der Waals surface area contributed by atoms with Gasteiger partial charge in [0.05, 0.1) is 28.4 Å². The average Bonchev–Trinajstić information content (AvgIpc) is 2.74. The number of hydrogen-bond acceptors (Lipinski definition) is 4. The van der Waals surface area contributed by atoms with Crippen LogP contribution in [0.15, 0.2) is 23.6 Å². The summed E-state index contributed by atoms with van der Waals surface area (Å²) in [4.78, 5) is 26.9. The second-order valence-corrected chi connectivity index (χ2v) is 5.14. The summed E-state index contributed by atoms with van der Waals surface area (Å²) in [6.07, 6.45) is 0.0138. The van der Waals surface area contributed by atoms with E-state index < -0.39 is 17.7 Å². The maximum Gasteiger partial charge on any atom is 0.337 e. The molecule has 0 aliphatic heterocycles.